The van der Waals surface area contributed by atoms with E-state index in [2.05, 4.69) is 16.0 Å². The van der Waals surface area contributed by atoms with Crippen LogP contribution in [0.5, 0.6) is 0 Å². The first-order valence-corrected chi connectivity index (χ1v) is 10.9. The molecule has 3 amide bonds. The number of carboxylic acid groups (broad SMARTS) is 1. The van der Waals surface area contributed by atoms with E-state index in [1.165, 1.54) is 0 Å². The Balaban J connectivity index is 3.01. The lowest BCUT2D eigenvalue weighted by Gasteiger charge is -2.26. The molecule has 1 aromatic rings. The van der Waals surface area contributed by atoms with Gasteiger partial charge in [0.15, 0.2) is 0 Å². The highest BCUT2D eigenvalue weighted by atomic mass is 16.4. The second-order valence-corrected chi connectivity index (χ2v) is 8.73. The van der Waals surface area contributed by atoms with Crippen molar-refractivity contribution in [3.8, 4) is 0 Å². The molecule has 9 heteroatoms. The van der Waals surface area contributed by atoms with Gasteiger partial charge in [-0.15, -0.1) is 0 Å². The molecule has 0 saturated heterocycles. The molecule has 3 atom stereocenters. The van der Waals surface area contributed by atoms with Crippen LogP contribution < -0.4 is 21.7 Å². The monoisotopic (exact) mass is 448 g/mol. The highest BCUT2D eigenvalue weighted by Gasteiger charge is 2.30. The van der Waals surface area contributed by atoms with Crippen molar-refractivity contribution in [2.24, 2.45) is 17.6 Å². The summed E-state index contributed by atoms with van der Waals surface area (Å²) >= 11 is 0. The molecule has 1 rings (SSSR count). The normalized spacial score (nSPS) is 13.8. The van der Waals surface area contributed by atoms with Crippen LogP contribution >= 0.6 is 0 Å². The Morgan fingerprint density at radius 3 is 1.81 bits per heavy atom. The predicted octanol–water partition coefficient (Wildman–Crippen LogP) is 0.819. The van der Waals surface area contributed by atoms with Crippen molar-refractivity contribution in [3.05, 3.63) is 35.9 Å². The predicted molar refractivity (Wildman–Crippen MR) is 122 cm³/mol. The molecule has 1 aromatic carbocycles. The summed E-state index contributed by atoms with van der Waals surface area (Å²) in [6, 6.07) is 6.23. The van der Waals surface area contributed by atoms with Crippen LogP contribution in [0.3, 0.4) is 0 Å². The molecular formula is C23H36N4O5. The third-order valence-electron chi connectivity index (χ3n) is 4.78. The van der Waals surface area contributed by atoms with Crippen molar-refractivity contribution in [3.63, 3.8) is 0 Å². The Morgan fingerprint density at radius 1 is 0.812 bits per heavy atom. The van der Waals surface area contributed by atoms with Gasteiger partial charge in [0, 0.05) is 6.42 Å². The van der Waals surface area contributed by atoms with Gasteiger partial charge in [0.2, 0.25) is 17.7 Å². The zero-order valence-corrected chi connectivity index (χ0v) is 19.3. The van der Waals surface area contributed by atoms with Crippen molar-refractivity contribution in [1.82, 2.24) is 16.0 Å². The molecule has 6 N–H and O–H groups in total. The maximum absolute atomic E-state index is 13.0. The van der Waals surface area contributed by atoms with E-state index in [4.69, 9.17) is 5.73 Å². The van der Waals surface area contributed by atoms with E-state index < -0.39 is 41.8 Å². The van der Waals surface area contributed by atoms with Crippen molar-refractivity contribution in [2.45, 2.75) is 65.1 Å². The molecule has 0 aromatic heterocycles. The molecular weight excluding hydrogens is 412 g/mol. The van der Waals surface area contributed by atoms with E-state index >= 15 is 0 Å². The summed E-state index contributed by atoms with van der Waals surface area (Å²) in [5.74, 6) is -2.59. The number of carbonyl (C=O) groups is 4. The number of carboxylic acids is 1. The van der Waals surface area contributed by atoms with Gasteiger partial charge in [0.25, 0.3) is 0 Å². The molecule has 0 aliphatic heterocycles. The lowest BCUT2D eigenvalue weighted by atomic mass is 9.99. The number of nitrogens with one attached hydrogen (secondary N) is 3. The lowest BCUT2D eigenvalue weighted by molar-refractivity contribution is -0.143. The van der Waals surface area contributed by atoms with Crippen LogP contribution in [0.2, 0.25) is 0 Å². The summed E-state index contributed by atoms with van der Waals surface area (Å²) in [6.07, 6.45) is 0.806. The Hall–Kier alpha value is -2.94. The van der Waals surface area contributed by atoms with Gasteiger partial charge in [0.1, 0.15) is 18.1 Å². The molecule has 0 radical (unpaired) electrons. The summed E-state index contributed by atoms with van der Waals surface area (Å²) in [5.41, 5.74) is 6.22. The number of aliphatic carboxylic acids is 1. The number of rotatable bonds is 13. The van der Waals surface area contributed by atoms with Crippen LogP contribution in [0.1, 0.15) is 46.1 Å². The standard InChI is InChI=1S/C23H36N4O5/c1-14(2)10-17(21(29)27-19(23(31)32)11-15(3)4)26-22(30)18(25-20(28)13-24)12-16-8-6-5-7-9-16/h5-9,14-15,17-19H,10-13,24H2,1-4H3,(H,25,28)(H,26,30)(H,27,29)(H,31,32). The maximum atomic E-state index is 13.0. The topological polar surface area (TPSA) is 151 Å². The molecule has 0 bridgehead atoms. The van der Waals surface area contributed by atoms with E-state index in [0.29, 0.717) is 6.42 Å². The first-order chi connectivity index (χ1) is 15.0. The number of hydrogen-bond acceptors (Lipinski definition) is 5. The van der Waals surface area contributed by atoms with Crippen LogP contribution in [0, 0.1) is 11.8 Å². The van der Waals surface area contributed by atoms with Gasteiger partial charge in [-0.25, -0.2) is 4.79 Å². The van der Waals surface area contributed by atoms with Gasteiger partial charge in [-0.05, 0) is 30.2 Å². The summed E-state index contributed by atoms with van der Waals surface area (Å²) in [7, 11) is 0. The van der Waals surface area contributed by atoms with Gasteiger partial charge in [-0.3, -0.25) is 14.4 Å². The SMILES string of the molecule is CC(C)CC(NC(=O)C(CC(C)C)NC(=O)C(Cc1ccccc1)NC(=O)CN)C(=O)O. The van der Waals surface area contributed by atoms with E-state index in [1.807, 2.05) is 58.0 Å². The summed E-state index contributed by atoms with van der Waals surface area (Å²) in [6.45, 7) is 7.25. The molecule has 32 heavy (non-hydrogen) atoms. The Labute approximate surface area is 189 Å². The van der Waals surface area contributed by atoms with Gasteiger partial charge in [-0.1, -0.05) is 58.0 Å². The molecule has 0 spiro atoms. The molecule has 0 saturated carbocycles. The van der Waals surface area contributed by atoms with Crippen LogP contribution in [0.4, 0.5) is 0 Å². The summed E-state index contributed by atoms with van der Waals surface area (Å²) in [5, 5.41) is 17.3. The van der Waals surface area contributed by atoms with Crippen LogP contribution in [-0.4, -0.2) is 53.5 Å². The fourth-order valence-corrected chi connectivity index (χ4v) is 3.25. The zero-order chi connectivity index (χ0) is 24.3. The number of benzene rings is 1. The number of amides is 3. The highest BCUT2D eigenvalue weighted by Crippen LogP contribution is 2.10. The molecule has 0 aliphatic carbocycles. The third-order valence-corrected chi connectivity index (χ3v) is 4.78. The van der Waals surface area contributed by atoms with E-state index in [0.717, 1.165) is 5.56 Å². The zero-order valence-electron chi connectivity index (χ0n) is 19.3. The van der Waals surface area contributed by atoms with Crippen LogP contribution in [0.25, 0.3) is 0 Å². The van der Waals surface area contributed by atoms with E-state index in [1.54, 1.807) is 0 Å². The van der Waals surface area contributed by atoms with Crippen LogP contribution in [0.15, 0.2) is 30.3 Å². The fraction of sp³-hybridized carbons (Fsp3) is 0.565. The minimum atomic E-state index is -1.13. The second-order valence-electron chi connectivity index (χ2n) is 8.73. The highest BCUT2D eigenvalue weighted by molar-refractivity contribution is 5.93. The average molecular weight is 449 g/mol. The molecule has 0 heterocycles. The maximum Gasteiger partial charge on any atom is 0.326 e. The molecule has 9 nitrogen and oxygen atoms in total. The summed E-state index contributed by atoms with van der Waals surface area (Å²) < 4.78 is 0. The van der Waals surface area contributed by atoms with Gasteiger partial charge in [-0.2, -0.15) is 0 Å². The minimum Gasteiger partial charge on any atom is -0.480 e. The first-order valence-electron chi connectivity index (χ1n) is 10.9. The summed E-state index contributed by atoms with van der Waals surface area (Å²) in [4.78, 5) is 49.3. The van der Waals surface area contributed by atoms with Crippen molar-refractivity contribution < 1.29 is 24.3 Å². The van der Waals surface area contributed by atoms with Gasteiger partial charge >= 0.3 is 5.97 Å². The van der Waals surface area contributed by atoms with Crippen molar-refractivity contribution in [2.75, 3.05) is 6.54 Å². The molecule has 178 valence electrons. The Kier molecular flexibility index (Phi) is 11.4. The third kappa shape index (κ3) is 9.91. The van der Waals surface area contributed by atoms with Crippen molar-refractivity contribution in [1.29, 1.82) is 0 Å². The Morgan fingerprint density at radius 2 is 1.31 bits per heavy atom. The van der Waals surface area contributed by atoms with Gasteiger partial charge < -0.3 is 26.8 Å². The van der Waals surface area contributed by atoms with Gasteiger partial charge in [0.05, 0.1) is 6.54 Å². The number of hydrogen-bond donors (Lipinski definition) is 5. The lowest BCUT2D eigenvalue weighted by Crippen LogP contribution is -2.57. The molecule has 3 unspecified atom stereocenters. The second kappa shape index (κ2) is 13.5. The average Bonchev–Trinajstić information content (AvgIpc) is 2.72. The Bertz CT molecular complexity index is 767. The van der Waals surface area contributed by atoms with Crippen molar-refractivity contribution >= 4 is 23.7 Å². The minimum absolute atomic E-state index is 0.0608. The number of nitrogens with two attached hydrogens (primary N) is 1. The first kappa shape index (κ1) is 27.1. The molecule has 0 fully saturated rings. The largest absolute Gasteiger partial charge is 0.480 e. The quantitative estimate of drug-likeness (QED) is 0.301. The van der Waals surface area contributed by atoms with Crippen LogP contribution in [-0.2, 0) is 25.6 Å². The number of carbonyl (C=O) groups excluding carboxylic acids is 3. The smallest absolute Gasteiger partial charge is 0.326 e. The van der Waals surface area contributed by atoms with E-state index in [-0.39, 0.29) is 31.2 Å². The molecule has 0 aliphatic rings. The fourth-order valence-electron chi connectivity index (χ4n) is 3.25. The van der Waals surface area contributed by atoms with E-state index in [9.17, 15) is 24.3 Å².